The van der Waals surface area contributed by atoms with E-state index in [9.17, 15) is 49.5 Å². The van der Waals surface area contributed by atoms with Crippen LogP contribution in [0.5, 0.6) is 5.75 Å². The van der Waals surface area contributed by atoms with E-state index in [0.29, 0.717) is 6.42 Å². The number of allylic oxidation sites excluding steroid dienone is 6. The topological polar surface area (TPSA) is 233 Å². The van der Waals surface area contributed by atoms with Gasteiger partial charge in [-0.25, -0.2) is 9.59 Å². The van der Waals surface area contributed by atoms with Crippen molar-refractivity contribution in [3.63, 3.8) is 0 Å². The van der Waals surface area contributed by atoms with E-state index < -0.39 is 112 Å². The standard InChI is InChI=1S/C39H42O15/c1-19-24(52-27(40)11-9-7-6-8-10-25-20(2)53-37(4,54-25)35(46)50-5)14-15-26(51-19)21-12-13-22-28(30(21)41)31(42)23-16-17-38(48)18-36(3,47)33(44)34(45)39(38,49)29(23)32(22)43/h6-13,16-17,19-20,24-26,33,41,44,47-49H,14-15,18H2,1-5H3. The molecule has 0 aromatic heterocycles. The van der Waals surface area contributed by atoms with Gasteiger partial charge in [0.25, 0.3) is 5.79 Å². The van der Waals surface area contributed by atoms with E-state index in [4.69, 9.17) is 23.7 Å². The Kier molecular flexibility index (Phi) is 10.1. The van der Waals surface area contributed by atoms with Crippen molar-refractivity contribution >= 4 is 29.3 Å². The fraction of sp³-hybridized carbons (Fsp3) is 0.462. The quantitative estimate of drug-likeness (QED) is 0.152. The lowest BCUT2D eigenvalue weighted by atomic mass is 9.56. The van der Waals surface area contributed by atoms with Crippen LogP contribution in [-0.2, 0) is 38.1 Å². The minimum Gasteiger partial charge on any atom is -0.507 e. The van der Waals surface area contributed by atoms with Crippen molar-refractivity contribution in [2.45, 2.75) is 106 Å². The first-order valence-electron chi connectivity index (χ1n) is 17.4. The number of benzene rings is 1. The summed E-state index contributed by atoms with van der Waals surface area (Å²) >= 11 is 0. The Morgan fingerprint density at radius 2 is 1.65 bits per heavy atom. The molecule has 0 radical (unpaired) electrons. The summed E-state index contributed by atoms with van der Waals surface area (Å²) in [6, 6.07) is 2.62. The first kappa shape index (κ1) is 39.1. The van der Waals surface area contributed by atoms with Crippen LogP contribution in [0.15, 0.2) is 71.9 Å². The third-order valence-electron chi connectivity index (χ3n) is 10.6. The number of hydrogen-bond acceptors (Lipinski definition) is 15. The Labute approximate surface area is 309 Å². The lowest BCUT2D eigenvalue weighted by Crippen LogP contribution is -2.74. The Morgan fingerprint density at radius 3 is 2.33 bits per heavy atom. The number of esters is 2. The predicted molar refractivity (Wildman–Crippen MR) is 185 cm³/mol. The number of phenolic OH excluding ortho intramolecular Hbond substituents is 1. The van der Waals surface area contributed by atoms with Gasteiger partial charge in [0.15, 0.2) is 17.2 Å². The summed E-state index contributed by atoms with van der Waals surface area (Å²) in [6.07, 6.45) is 6.12. The van der Waals surface area contributed by atoms with E-state index in [1.54, 1.807) is 38.2 Å². The fourth-order valence-electron chi connectivity index (χ4n) is 7.77. The molecule has 0 spiro atoms. The molecule has 288 valence electrons. The highest BCUT2D eigenvalue weighted by molar-refractivity contribution is 6.32. The van der Waals surface area contributed by atoms with Crippen LogP contribution in [0.25, 0.3) is 0 Å². The molecule has 3 fully saturated rings. The number of ketones is 3. The number of hydrogen-bond donors (Lipinski definition) is 5. The highest BCUT2D eigenvalue weighted by Crippen LogP contribution is 2.52. The number of aromatic hydroxyl groups is 1. The first-order chi connectivity index (χ1) is 25.3. The highest BCUT2D eigenvalue weighted by Gasteiger charge is 2.69. The van der Waals surface area contributed by atoms with Crippen LogP contribution in [0, 0.1) is 0 Å². The largest absolute Gasteiger partial charge is 0.507 e. The number of carbonyl (C=O) groups is 5. The minimum atomic E-state index is -3.05. The van der Waals surface area contributed by atoms with Crippen LogP contribution in [0.3, 0.4) is 0 Å². The van der Waals surface area contributed by atoms with Crippen molar-refractivity contribution in [2.75, 3.05) is 7.11 Å². The number of ether oxygens (including phenoxy) is 5. The molecule has 15 heteroatoms. The first-order valence-corrected chi connectivity index (χ1v) is 17.4. The molecule has 0 amide bonds. The van der Waals surface area contributed by atoms with Crippen LogP contribution >= 0.6 is 0 Å². The summed E-state index contributed by atoms with van der Waals surface area (Å²) in [5.74, 6) is -6.68. The molecule has 0 bridgehead atoms. The average molecular weight is 751 g/mol. The molecule has 1 saturated carbocycles. The van der Waals surface area contributed by atoms with Crippen molar-refractivity contribution in [1.82, 2.24) is 0 Å². The molecule has 3 aliphatic carbocycles. The van der Waals surface area contributed by atoms with E-state index >= 15 is 0 Å². The number of aliphatic hydroxyl groups is 4. The maximum Gasteiger partial charge on any atom is 0.366 e. The molecule has 2 heterocycles. The maximum atomic E-state index is 13.9. The molecule has 1 aromatic carbocycles. The maximum absolute atomic E-state index is 13.9. The van der Waals surface area contributed by atoms with Gasteiger partial charge in [0.05, 0.1) is 42.2 Å². The Bertz CT molecular complexity index is 1950. The fourth-order valence-corrected chi connectivity index (χ4v) is 7.77. The van der Waals surface area contributed by atoms with Gasteiger partial charge in [0, 0.05) is 36.1 Å². The van der Waals surface area contributed by atoms with Gasteiger partial charge >= 0.3 is 11.9 Å². The summed E-state index contributed by atoms with van der Waals surface area (Å²) in [6.45, 7) is 6.02. The minimum absolute atomic E-state index is 0.183. The van der Waals surface area contributed by atoms with Gasteiger partial charge in [0.1, 0.15) is 29.7 Å². The van der Waals surface area contributed by atoms with Gasteiger partial charge in [-0.15, -0.1) is 0 Å². The molecular weight excluding hydrogens is 708 g/mol. The highest BCUT2D eigenvalue weighted by atomic mass is 16.8. The summed E-state index contributed by atoms with van der Waals surface area (Å²) in [4.78, 5) is 65.4. The lowest BCUT2D eigenvalue weighted by Gasteiger charge is -2.53. The van der Waals surface area contributed by atoms with E-state index in [-0.39, 0.29) is 23.1 Å². The van der Waals surface area contributed by atoms with Gasteiger partial charge in [-0.2, -0.15) is 0 Å². The van der Waals surface area contributed by atoms with Gasteiger partial charge in [-0.3, -0.25) is 14.4 Å². The van der Waals surface area contributed by atoms with Crippen LogP contribution in [-0.4, -0.2) is 115 Å². The number of carbonyl (C=O) groups excluding carboxylic acids is 5. The smallest absolute Gasteiger partial charge is 0.366 e. The van der Waals surface area contributed by atoms with Crippen molar-refractivity contribution in [1.29, 1.82) is 0 Å². The molecule has 5 N–H and O–H groups in total. The van der Waals surface area contributed by atoms with Gasteiger partial charge in [-0.1, -0.05) is 42.5 Å². The molecule has 10 atom stereocenters. The monoisotopic (exact) mass is 750 g/mol. The second-order valence-corrected chi connectivity index (χ2v) is 14.5. The number of fused-ring (bicyclic) bond motifs is 3. The molecule has 10 unspecified atom stereocenters. The number of methoxy groups -OCH3 is 1. The van der Waals surface area contributed by atoms with E-state index in [1.165, 1.54) is 38.3 Å². The average Bonchev–Trinajstić information content (AvgIpc) is 3.42. The van der Waals surface area contributed by atoms with Gasteiger partial charge in [0.2, 0.25) is 5.78 Å². The van der Waals surface area contributed by atoms with Gasteiger partial charge < -0.3 is 49.2 Å². The third-order valence-corrected chi connectivity index (χ3v) is 10.6. The van der Waals surface area contributed by atoms with Crippen LogP contribution in [0.1, 0.15) is 79.3 Å². The zero-order valence-corrected chi connectivity index (χ0v) is 30.2. The Morgan fingerprint density at radius 1 is 0.944 bits per heavy atom. The lowest BCUT2D eigenvalue weighted by molar-refractivity contribution is -0.209. The van der Waals surface area contributed by atoms with Crippen LogP contribution < -0.4 is 0 Å². The SMILES string of the molecule is COC(=O)C1(C)OC(C)C(C=CC=CC=CC(=O)OC2CCC(c3ccc4c(c3O)C(=O)C3=C(C4=O)C4(O)C(=O)C(O)C(C)(O)CC4(O)C=C3)OC2C)O1. The number of phenols is 1. The molecule has 2 aliphatic heterocycles. The molecule has 5 aliphatic rings. The molecule has 6 rings (SSSR count). The van der Waals surface area contributed by atoms with Crippen LogP contribution in [0.4, 0.5) is 0 Å². The predicted octanol–water partition coefficient (Wildman–Crippen LogP) is 1.70. The molecular formula is C39H42O15. The van der Waals surface area contributed by atoms with E-state index in [2.05, 4.69) is 0 Å². The summed E-state index contributed by atoms with van der Waals surface area (Å²) < 4.78 is 27.7. The molecule has 54 heavy (non-hydrogen) atoms. The van der Waals surface area contributed by atoms with Crippen LogP contribution in [0.2, 0.25) is 0 Å². The summed E-state index contributed by atoms with van der Waals surface area (Å²) in [5, 5.41) is 55.4. The van der Waals surface area contributed by atoms with Crippen molar-refractivity contribution in [3.05, 3.63) is 88.6 Å². The second-order valence-electron chi connectivity index (χ2n) is 14.5. The Balaban J connectivity index is 1.09. The van der Waals surface area contributed by atoms with E-state index in [1.807, 2.05) is 0 Å². The van der Waals surface area contributed by atoms with Crippen molar-refractivity contribution in [2.24, 2.45) is 0 Å². The van der Waals surface area contributed by atoms with Crippen molar-refractivity contribution in [3.8, 4) is 5.75 Å². The third kappa shape index (κ3) is 6.28. The number of aliphatic hydroxyl groups excluding tert-OH is 1. The normalized spacial score (nSPS) is 37.9. The van der Waals surface area contributed by atoms with Crippen molar-refractivity contribution < 1.29 is 73.2 Å². The Hall–Kier alpha value is -4.61. The zero-order valence-electron chi connectivity index (χ0n) is 30.2. The summed E-state index contributed by atoms with van der Waals surface area (Å²) in [7, 11) is 1.24. The molecule has 1 aromatic rings. The molecule has 2 saturated heterocycles. The van der Waals surface area contributed by atoms with E-state index in [0.717, 1.165) is 19.1 Å². The summed E-state index contributed by atoms with van der Waals surface area (Å²) in [5.41, 5.74) is -9.46. The zero-order chi connectivity index (χ0) is 39.5. The molecule has 15 nitrogen and oxygen atoms in total. The van der Waals surface area contributed by atoms with Gasteiger partial charge in [-0.05, 0) is 45.8 Å². The number of Topliss-reactive ketones (excluding diaryl/α,β-unsaturated/α-hetero) is 3. The number of rotatable bonds is 7. The second kappa shape index (κ2) is 13.9.